The molecule has 8 nitrogen and oxygen atoms in total. The van der Waals surface area contributed by atoms with Crippen LogP contribution in [0.3, 0.4) is 0 Å². The third-order valence-corrected chi connectivity index (χ3v) is 4.06. The Morgan fingerprint density at radius 3 is 2.71 bits per heavy atom. The lowest BCUT2D eigenvalue weighted by atomic mass is 10.2. The first-order chi connectivity index (χ1) is 11.1. The lowest BCUT2D eigenvalue weighted by Crippen LogP contribution is -2.38. The molecule has 1 saturated heterocycles. The third kappa shape index (κ3) is 3.55. The normalized spacial score (nSPS) is 16.5. The summed E-state index contributed by atoms with van der Waals surface area (Å²) < 4.78 is 1.54. The third-order valence-electron chi connectivity index (χ3n) is 4.06. The fraction of sp³-hybridized carbons (Fsp3) is 0.333. The molecule has 1 amide bonds. The van der Waals surface area contributed by atoms with Crippen molar-refractivity contribution in [3.05, 3.63) is 52.3 Å². The van der Waals surface area contributed by atoms with Crippen LogP contribution in [-0.4, -0.2) is 51.7 Å². The summed E-state index contributed by atoms with van der Waals surface area (Å²) in [5, 5.41) is 18.1. The van der Waals surface area contributed by atoms with Crippen LogP contribution < -0.4 is 5.32 Å². The highest BCUT2D eigenvalue weighted by Crippen LogP contribution is 2.16. The van der Waals surface area contributed by atoms with Gasteiger partial charge in [0.1, 0.15) is 0 Å². The molecule has 2 aromatic rings. The maximum atomic E-state index is 12.5. The average Bonchev–Trinajstić information content (AvgIpc) is 3.25. The van der Waals surface area contributed by atoms with Crippen molar-refractivity contribution in [2.45, 2.75) is 12.5 Å². The fourth-order valence-electron chi connectivity index (χ4n) is 2.64. The lowest BCUT2D eigenvalue weighted by Gasteiger charge is -2.22. The number of nitrogens with zero attached hydrogens (tertiary/aromatic N) is 4. The maximum absolute atomic E-state index is 12.5. The van der Waals surface area contributed by atoms with E-state index in [-0.39, 0.29) is 30.0 Å². The Bertz CT molecular complexity index is 725. The average molecular weight is 352 g/mol. The SMILES string of the molecule is CN(C(=O)c1cnn(-c2ccc([N+](=O)[O-])cc2)c1)C1CCNC1.Cl. The molecular weight excluding hydrogens is 334 g/mol. The quantitative estimate of drug-likeness (QED) is 0.667. The molecule has 3 rings (SSSR count). The standard InChI is InChI=1S/C15H17N5O3.ClH/c1-18(14-6-7-16-9-14)15(21)11-8-17-19(10-11)12-2-4-13(5-3-12)20(22)23;/h2-5,8,10,14,16H,6-7,9H2,1H3;1H. The number of nitrogens with one attached hydrogen (secondary N) is 1. The highest BCUT2D eigenvalue weighted by Gasteiger charge is 2.24. The molecule has 0 aliphatic carbocycles. The number of amides is 1. The summed E-state index contributed by atoms with van der Waals surface area (Å²) >= 11 is 0. The highest BCUT2D eigenvalue weighted by molar-refractivity contribution is 5.93. The van der Waals surface area contributed by atoms with Gasteiger partial charge in [0.05, 0.1) is 22.4 Å². The van der Waals surface area contributed by atoms with Crippen LogP contribution in [-0.2, 0) is 0 Å². The van der Waals surface area contributed by atoms with Crippen molar-refractivity contribution in [3.8, 4) is 5.69 Å². The maximum Gasteiger partial charge on any atom is 0.269 e. The first-order valence-corrected chi connectivity index (χ1v) is 7.33. The smallest absolute Gasteiger partial charge is 0.269 e. The van der Waals surface area contributed by atoms with E-state index in [2.05, 4.69) is 10.4 Å². The number of carbonyl (C=O) groups excluding carboxylic acids is 1. The summed E-state index contributed by atoms with van der Waals surface area (Å²) in [7, 11) is 1.79. The number of hydrogen-bond acceptors (Lipinski definition) is 5. The molecule has 1 aliphatic rings. The second-order valence-corrected chi connectivity index (χ2v) is 5.51. The van der Waals surface area contributed by atoms with E-state index in [1.165, 1.54) is 23.0 Å². The van der Waals surface area contributed by atoms with E-state index in [4.69, 9.17) is 0 Å². The van der Waals surface area contributed by atoms with Crippen LogP contribution in [0.25, 0.3) is 5.69 Å². The summed E-state index contributed by atoms with van der Waals surface area (Å²) in [5.41, 5.74) is 1.18. The number of likely N-dealkylation sites (N-methyl/N-ethyl adjacent to an activating group) is 1. The number of aromatic nitrogens is 2. The van der Waals surface area contributed by atoms with Gasteiger partial charge in [0.2, 0.25) is 0 Å². The van der Waals surface area contributed by atoms with E-state index in [1.54, 1.807) is 30.3 Å². The number of carbonyl (C=O) groups is 1. The van der Waals surface area contributed by atoms with Crippen LogP contribution in [0.2, 0.25) is 0 Å². The zero-order valence-electron chi connectivity index (χ0n) is 13.1. The van der Waals surface area contributed by atoms with Crippen LogP contribution in [0.1, 0.15) is 16.8 Å². The van der Waals surface area contributed by atoms with E-state index in [0.717, 1.165) is 19.5 Å². The van der Waals surface area contributed by atoms with Crippen LogP contribution in [0, 0.1) is 10.1 Å². The molecule has 0 bridgehead atoms. The monoisotopic (exact) mass is 351 g/mol. The van der Waals surface area contributed by atoms with Crippen LogP contribution in [0.15, 0.2) is 36.7 Å². The molecule has 1 fully saturated rings. The van der Waals surface area contributed by atoms with Crippen LogP contribution >= 0.6 is 12.4 Å². The van der Waals surface area contributed by atoms with Crippen molar-refractivity contribution in [3.63, 3.8) is 0 Å². The van der Waals surface area contributed by atoms with Crippen molar-refractivity contribution in [2.24, 2.45) is 0 Å². The molecule has 1 aliphatic heterocycles. The molecule has 0 saturated carbocycles. The second-order valence-electron chi connectivity index (χ2n) is 5.51. The minimum absolute atomic E-state index is 0. The molecule has 2 heterocycles. The molecule has 0 radical (unpaired) electrons. The highest BCUT2D eigenvalue weighted by atomic mass is 35.5. The van der Waals surface area contributed by atoms with Gasteiger partial charge in [0, 0.05) is 38.0 Å². The van der Waals surface area contributed by atoms with Crippen molar-refractivity contribution in [2.75, 3.05) is 20.1 Å². The molecule has 24 heavy (non-hydrogen) atoms. The Kier molecular flexibility index (Phi) is 5.53. The predicted molar refractivity (Wildman–Crippen MR) is 90.8 cm³/mol. The topological polar surface area (TPSA) is 93.3 Å². The van der Waals surface area contributed by atoms with Gasteiger partial charge in [-0.15, -0.1) is 12.4 Å². The molecule has 1 aromatic heterocycles. The van der Waals surface area contributed by atoms with Gasteiger partial charge in [-0.25, -0.2) is 4.68 Å². The summed E-state index contributed by atoms with van der Waals surface area (Å²) in [4.78, 5) is 24.4. The summed E-state index contributed by atoms with van der Waals surface area (Å²) in [6.07, 6.45) is 4.10. The van der Waals surface area contributed by atoms with Gasteiger partial charge in [0.15, 0.2) is 0 Å². The Labute approximate surface area is 145 Å². The summed E-state index contributed by atoms with van der Waals surface area (Å²) in [6, 6.07) is 6.22. The fourth-order valence-corrected chi connectivity index (χ4v) is 2.64. The zero-order chi connectivity index (χ0) is 16.4. The lowest BCUT2D eigenvalue weighted by molar-refractivity contribution is -0.384. The molecule has 1 aromatic carbocycles. The number of halogens is 1. The van der Waals surface area contributed by atoms with Crippen molar-refractivity contribution >= 4 is 24.0 Å². The van der Waals surface area contributed by atoms with Crippen molar-refractivity contribution in [1.82, 2.24) is 20.0 Å². The molecule has 1 unspecified atom stereocenters. The first-order valence-electron chi connectivity index (χ1n) is 7.33. The molecule has 128 valence electrons. The summed E-state index contributed by atoms with van der Waals surface area (Å²) in [5.74, 6) is -0.0770. The van der Waals surface area contributed by atoms with E-state index < -0.39 is 4.92 Å². The van der Waals surface area contributed by atoms with Crippen molar-refractivity contribution < 1.29 is 9.72 Å². The minimum atomic E-state index is -0.452. The van der Waals surface area contributed by atoms with Gasteiger partial charge in [0.25, 0.3) is 11.6 Å². The second kappa shape index (κ2) is 7.41. The van der Waals surface area contributed by atoms with Gasteiger partial charge < -0.3 is 10.2 Å². The number of non-ortho nitro benzene ring substituents is 1. The van der Waals surface area contributed by atoms with Crippen molar-refractivity contribution in [1.29, 1.82) is 0 Å². The van der Waals surface area contributed by atoms with E-state index in [9.17, 15) is 14.9 Å². The molecule has 1 atom stereocenters. The number of nitro benzene ring substituents is 1. The minimum Gasteiger partial charge on any atom is -0.337 e. The molecule has 1 N–H and O–H groups in total. The zero-order valence-corrected chi connectivity index (χ0v) is 13.9. The Morgan fingerprint density at radius 2 is 2.12 bits per heavy atom. The van der Waals surface area contributed by atoms with Crippen LogP contribution in [0.4, 0.5) is 5.69 Å². The van der Waals surface area contributed by atoms with Gasteiger partial charge in [-0.2, -0.15) is 5.10 Å². The van der Waals surface area contributed by atoms with E-state index in [1.807, 2.05) is 0 Å². The van der Waals surface area contributed by atoms with E-state index >= 15 is 0 Å². The number of hydrogen-bond donors (Lipinski definition) is 1. The van der Waals surface area contributed by atoms with Gasteiger partial charge in [-0.3, -0.25) is 14.9 Å². The molecule has 0 spiro atoms. The number of rotatable bonds is 4. The number of nitro groups is 1. The largest absolute Gasteiger partial charge is 0.337 e. The van der Waals surface area contributed by atoms with Crippen LogP contribution in [0.5, 0.6) is 0 Å². The molecular formula is C15H18ClN5O3. The molecule has 9 heteroatoms. The van der Waals surface area contributed by atoms with E-state index in [0.29, 0.717) is 11.3 Å². The first kappa shape index (κ1) is 17.9. The Hall–Kier alpha value is -2.45. The van der Waals surface area contributed by atoms with Gasteiger partial charge in [-0.1, -0.05) is 0 Å². The summed E-state index contributed by atoms with van der Waals surface area (Å²) in [6.45, 7) is 1.73. The predicted octanol–water partition coefficient (Wildman–Crippen LogP) is 1.64. The van der Waals surface area contributed by atoms with Gasteiger partial charge >= 0.3 is 0 Å². The Morgan fingerprint density at radius 1 is 1.42 bits per heavy atom. The number of benzene rings is 1. The van der Waals surface area contributed by atoms with Gasteiger partial charge in [-0.05, 0) is 25.1 Å². The Balaban J connectivity index is 0.00000208.